The summed E-state index contributed by atoms with van der Waals surface area (Å²) in [5.74, 6) is 0. The topological polar surface area (TPSA) is 68.9 Å². The van der Waals surface area contributed by atoms with Crippen molar-refractivity contribution in [2.45, 2.75) is 12.5 Å². The number of pyridine rings is 1. The number of anilines is 1. The van der Waals surface area contributed by atoms with Crippen LogP contribution < -0.4 is 5.32 Å². The Bertz CT molecular complexity index is 931. The summed E-state index contributed by atoms with van der Waals surface area (Å²) in [6, 6.07) is 16.9. The van der Waals surface area contributed by atoms with Gasteiger partial charge in [0.15, 0.2) is 0 Å². The predicted molar refractivity (Wildman–Crippen MR) is 96.0 cm³/mol. The van der Waals surface area contributed by atoms with E-state index < -0.39 is 5.60 Å². The summed E-state index contributed by atoms with van der Waals surface area (Å²) in [6.45, 7) is 1.90. The van der Waals surface area contributed by atoms with Crippen LogP contribution in [0.1, 0.15) is 18.1 Å². The van der Waals surface area contributed by atoms with Gasteiger partial charge in [-0.2, -0.15) is 5.26 Å². The normalized spacial score (nSPS) is 13.2. The average Bonchev–Trinajstić information content (AvgIpc) is 2.59. The minimum atomic E-state index is -1.19. The molecule has 0 bridgehead atoms. The van der Waals surface area contributed by atoms with Crippen LogP contribution in [0.5, 0.6) is 0 Å². The van der Waals surface area contributed by atoms with Crippen LogP contribution in [0, 0.1) is 11.3 Å². The summed E-state index contributed by atoms with van der Waals surface area (Å²) >= 11 is 6.19. The van der Waals surface area contributed by atoms with Crippen LogP contribution in [-0.2, 0) is 5.60 Å². The highest BCUT2D eigenvalue weighted by molar-refractivity contribution is 6.31. The maximum atomic E-state index is 10.8. The number of nitrogens with zero attached hydrogens (tertiary/aromatic N) is 2. The van der Waals surface area contributed by atoms with Crippen LogP contribution in [0.25, 0.3) is 10.9 Å². The lowest BCUT2D eigenvalue weighted by Crippen LogP contribution is -2.31. The first kappa shape index (κ1) is 16.3. The van der Waals surface area contributed by atoms with E-state index in [0.29, 0.717) is 21.8 Å². The molecule has 0 amide bonds. The largest absolute Gasteiger partial charge is 0.384 e. The third-order valence-electron chi connectivity index (χ3n) is 3.96. The Morgan fingerprint density at radius 1 is 1.21 bits per heavy atom. The van der Waals surface area contributed by atoms with Gasteiger partial charge in [0.2, 0.25) is 0 Å². The van der Waals surface area contributed by atoms with Gasteiger partial charge in [-0.3, -0.25) is 4.98 Å². The van der Waals surface area contributed by atoms with Crippen LogP contribution in [-0.4, -0.2) is 16.6 Å². The number of nitrogens with one attached hydrogen (secondary N) is 1. The van der Waals surface area contributed by atoms with Crippen LogP contribution in [0.2, 0.25) is 5.02 Å². The van der Waals surface area contributed by atoms with Gasteiger partial charge in [0, 0.05) is 28.7 Å². The Morgan fingerprint density at radius 2 is 1.92 bits per heavy atom. The van der Waals surface area contributed by atoms with Crippen LogP contribution in [0.4, 0.5) is 5.69 Å². The minimum absolute atomic E-state index is 0.208. The third kappa shape index (κ3) is 3.05. The Kier molecular flexibility index (Phi) is 4.39. The highest BCUT2D eigenvalue weighted by Gasteiger charge is 2.26. The summed E-state index contributed by atoms with van der Waals surface area (Å²) < 4.78 is 0. The zero-order valence-electron chi connectivity index (χ0n) is 13.1. The van der Waals surface area contributed by atoms with E-state index in [1.54, 1.807) is 19.1 Å². The molecule has 0 aliphatic heterocycles. The Morgan fingerprint density at radius 3 is 2.67 bits per heavy atom. The van der Waals surface area contributed by atoms with Crippen molar-refractivity contribution in [3.8, 4) is 6.07 Å². The van der Waals surface area contributed by atoms with E-state index in [0.717, 1.165) is 10.9 Å². The van der Waals surface area contributed by atoms with E-state index >= 15 is 0 Å². The molecule has 0 aliphatic carbocycles. The van der Waals surface area contributed by atoms with Crippen LogP contribution in [0.15, 0.2) is 54.7 Å². The van der Waals surface area contributed by atoms with Crippen molar-refractivity contribution in [3.05, 3.63) is 70.9 Å². The number of rotatable bonds is 4. The second-order valence-corrected chi connectivity index (χ2v) is 6.19. The van der Waals surface area contributed by atoms with E-state index in [4.69, 9.17) is 11.6 Å². The summed E-state index contributed by atoms with van der Waals surface area (Å²) in [4.78, 5) is 4.28. The molecule has 0 saturated carbocycles. The molecule has 1 aromatic heterocycles. The standard InChI is InChI=1S/C19H16ClN3O/c1-19(24,15-7-3-4-8-16(15)20)12-23-18-13(10-21)11-22-17-9-5-2-6-14(17)18/h2-9,11,24H,12H2,1H3,(H,22,23). The van der Waals surface area contributed by atoms with Crippen molar-refractivity contribution in [1.82, 2.24) is 4.98 Å². The van der Waals surface area contributed by atoms with Crippen molar-refractivity contribution in [3.63, 3.8) is 0 Å². The average molecular weight is 338 g/mol. The number of halogens is 1. The lowest BCUT2D eigenvalue weighted by molar-refractivity contribution is 0.0717. The number of para-hydroxylation sites is 1. The summed E-state index contributed by atoms with van der Waals surface area (Å²) in [7, 11) is 0. The van der Waals surface area contributed by atoms with Crippen molar-refractivity contribution >= 4 is 28.2 Å². The number of aromatic nitrogens is 1. The molecule has 4 nitrogen and oxygen atoms in total. The van der Waals surface area contributed by atoms with Gasteiger partial charge in [-0.05, 0) is 19.1 Å². The number of aliphatic hydroxyl groups is 1. The Balaban J connectivity index is 1.96. The van der Waals surface area contributed by atoms with Gasteiger partial charge in [-0.1, -0.05) is 48.0 Å². The highest BCUT2D eigenvalue weighted by Crippen LogP contribution is 2.30. The fraction of sp³-hybridized carbons (Fsp3) is 0.158. The molecule has 120 valence electrons. The molecule has 2 N–H and O–H groups in total. The fourth-order valence-corrected chi connectivity index (χ4v) is 3.01. The molecule has 0 radical (unpaired) electrons. The molecule has 0 saturated heterocycles. The maximum absolute atomic E-state index is 10.8. The lowest BCUT2D eigenvalue weighted by atomic mass is 9.95. The van der Waals surface area contributed by atoms with Crippen molar-refractivity contribution in [2.75, 3.05) is 11.9 Å². The molecular formula is C19H16ClN3O. The molecule has 3 aromatic rings. The van der Waals surface area contributed by atoms with Gasteiger partial charge in [-0.15, -0.1) is 0 Å². The predicted octanol–water partition coefficient (Wildman–Crippen LogP) is 4.08. The fourth-order valence-electron chi connectivity index (χ4n) is 2.67. The van der Waals surface area contributed by atoms with E-state index in [-0.39, 0.29) is 6.54 Å². The number of hydrogen-bond acceptors (Lipinski definition) is 4. The Labute approximate surface area is 145 Å². The van der Waals surface area contributed by atoms with Crippen molar-refractivity contribution in [1.29, 1.82) is 5.26 Å². The molecule has 2 aromatic carbocycles. The minimum Gasteiger partial charge on any atom is -0.384 e. The molecule has 24 heavy (non-hydrogen) atoms. The zero-order chi connectivity index (χ0) is 17.2. The van der Waals surface area contributed by atoms with Crippen molar-refractivity contribution < 1.29 is 5.11 Å². The second-order valence-electron chi connectivity index (χ2n) is 5.78. The highest BCUT2D eigenvalue weighted by atomic mass is 35.5. The first-order chi connectivity index (χ1) is 11.5. The second kappa shape index (κ2) is 6.48. The van der Waals surface area contributed by atoms with Gasteiger partial charge < -0.3 is 10.4 Å². The number of fused-ring (bicyclic) bond motifs is 1. The van der Waals surface area contributed by atoms with Gasteiger partial charge in [-0.25, -0.2) is 0 Å². The number of hydrogen-bond donors (Lipinski definition) is 2. The lowest BCUT2D eigenvalue weighted by Gasteiger charge is -2.26. The SMILES string of the molecule is CC(O)(CNc1c(C#N)cnc2ccccc12)c1ccccc1Cl. The molecule has 0 aliphatic rings. The third-order valence-corrected chi connectivity index (χ3v) is 4.29. The first-order valence-electron chi connectivity index (χ1n) is 7.52. The summed E-state index contributed by atoms with van der Waals surface area (Å²) in [6.07, 6.45) is 1.54. The van der Waals surface area contributed by atoms with Crippen molar-refractivity contribution in [2.24, 2.45) is 0 Å². The van der Waals surface area contributed by atoms with E-state index in [1.165, 1.54) is 6.20 Å². The van der Waals surface area contributed by atoms with Gasteiger partial charge >= 0.3 is 0 Å². The molecule has 0 fully saturated rings. The number of nitriles is 1. The molecule has 3 rings (SSSR count). The summed E-state index contributed by atoms with van der Waals surface area (Å²) in [5.41, 5.74) is 1.33. The molecule has 5 heteroatoms. The maximum Gasteiger partial charge on any atom is 0.105 e. The van der Waals surface area contributed by atoms with Gasteiger partial charge in [0.1, 0.15) is 11.7 Å². The van der Waals surface area contributed by atoms with Crippen LogP contribution >= 0.6 is 11.6 Å². The summed E-state index contributed by atoms with van der Waals surface area (Å²) in [5, 5.41) is 24.7. The molecule has 0 spiro atoms. The molecular weight excluding hydrogens is 322 g/mol. The van der Waals surface area contributed by atoms with Gasteiger partial charge in [0.05, 0.1) is 16.8 Å². The van der Waals surface area contributed by atoms with E-state index in [2.05, 4.69) is 16.4 Å². The van der Waals surface area contributed by atoms with E-state index in [1.807, 2.05) is 36.4 Å². The Hall–Kier alpha value is -2.61. The first-order valence-corrected chi connectivity index (χ1v) is 7.90. The number of benzene rings is 2. The quantitative estimate of drug-likeness (QED) is 0.752. The van der Waals surface area contributed by atoms with Gasteiger partial charge in [0.25, 0.3) is 0 Å². The monoisotopic (exact) mass is 337 g/mol. The van der Waals surface area contributed by atoms with E-state index in [9.17, 15) is 10.4 Å². The zero-order valence-corrected chi connectivity index (χ0v) is 13.9. The molecule has 1 heterocycles. The molecule has 1 unspecified atom stereocenters. The van der Waals surface area contributed by atoms with Crippen LogP contribution in [0.3, 0.4) is 0 Å². The molecule has 1 atom stereocenters. The smallest absolute Gasteiger partial charge is 0.105 e.